The number of imidazole rings is 1. The van der Waals surface area contributed by atoms with Crippen molar-refractivity contribution in [3.05, 3.63) is 69.3 Å². The van der Waals surface area contributed by atoms with Gasteiger partial charge in [0.2, 0.25) is 11.4 Å². The molecule has 0 aliphatic carbocycles. The number of amides is 1. The number of carbonyl (C=O) groups excluding carboxylic acids is 2. The minimum atomic E-state index is -0.704. The van der Waals surface area contributed by atoms with Gasteiger partial charge in [-0.05, 0) is 44.9 Å². The second-order valence-electron chi connectivity index (χ2n) is 8.84. The van der Waals surface area contributed by atoms with Crippen molar-refractivity contribution >= 4 is 34.7 Å². The van der Waals surface area contributed by atoms with Crippen LogP contribution in [0, 0.1) is 10.1 Å². The van der Waals surface area contributed by atoms with Gasteiger partial charge in [-0.1, -0.05) is 11.1 Å². The largest absolute Gasteiger partial charge is 1.00 e. The molecule has 0 aliphatic rings. The molecule has 0 spiro atoms. The molecule has 36 heavy (non-hydrogen) atoms. The molecule has 12 nitrogen and oxygen atoms in total. The molecule has 192 valence electrons. The first-order valence-electron chi connectivity index (χ1n) is 10.9. The summed E-state index contributed by atoms with van der Waals surface area (Å²) in [5, 5.41) is 13.5. The quantitative estimate of drug-likeness (QED) is 0.114. The summed E-state index contributed by atoms with van der Waals surface area (Å²) in [6.45, 7) is 8.77. The maximum Gasteiger partial charge on any atom is 0.341 e. The van der Waals surface area contributed by atoms with E-state index in [0.717, 1.165) is 0 Å². The first kappa shape index (κ1) is 28.4. The van der Waals surface area contributed by atoms with E-state index in [-0.39, 0.29) is 65.2 Å². The van der Waals surface area contributed by atoms with Crippen LogP contribution in [0.25, 0.3) is 11.2 Å². The van der Waals surface area contributed by atoms with E-state index in [2.05, 4.69) is 21.9 Å². The third-order valence-corrected chi connectivity index (χ3v) is 4.77. The number of esters is 1. The summed E-state index contributed by atoms with van der Waals surface area (Å²) in [7, 11) is 0. The van der Waals surface area contributed by atoms with Crippen LogP contribution in [0.5, 0.6) is 0 Å². The summed E-state index contributed by atoms with van der Waals surface area (Å²) >= 11 is 0. The molecule has 2 heterocycles. The first-order valence-corrected chi connectivity index (χ1v) is 10.9. The smallest absolute Gasteiger partial charge is 0.341 e. The van der Waals surface area contributed by atoms with Gasteiger partial charge in [0.25, 0.3) is 17.2 Å². The molecule has 2 N–H and O–H groups in total. The number of nitro benzene ring substituents is 1. The van der Waals surface area contributed by atoms with Gasteiger partial charge in [-0.2, -0.15) is 0 Å². The fourth-order valence-electron chi connectivity index (χ4n) is 3.35. The van der Waals surface area contributed by atoms with Crippen molar-refractivity contribution in [1.29, 1.82) is 0 Å². The number of nitrogens with one attached hydrogen (secondary N) is 2. The molecule has 2 aromatic heterocycles. The van der Waals surface area contributed by atoms with E-state index in [9.17, 15) is 24.5 Å². The Morgan fingerprint density at radius 1 is 1.31 bits per heavy atom. The van der Waals surface area contributed by atoms with Crippen molar-refractivity contribution in [3.8, 4) is 0 Å². The van der Waals surface area contributed by atoms with Crippen LogP contribution in [-0.2, 0) is 27.4 Å². The summed E-state index contributed by atoms with van der Waals surface area (Å²) in [6.07, 6.45) is 3.78. The van der Waals surface area contributed by atoms with Crippen LogP contribution in [0.3, 0.4) is 0 Å². The predicted molar refractivity (Wildman–Crippen MR) is 127 cm³/mol. The van der Waals surface area contributed by atoms with E-state index in [0.29, 0.717) is 12.0 Å². The van der Waals surface area contributed by atoms with Crippen LogP contribution in [0.1, 0.15) is 39.2 Å². The van der Waals surface area contributed by atoms with Crippen molar-refractivity contribution in [2.45, 2.75) is 52.3 Å². The summed E-state index contributed by atoms with van der Waals surface area (Å²) in [6, 6.07) is 5.90. The fraction of sp³-hybridized carbons (Fsp3) is 0.348. The number of anilines is 1. The average Bonchev–Trinajstić information content (AvgIpc) is 3.08. The molecule has 0 unspecified atom stereocenters. The summed E-state index contributed by atoms with van der Waals surface area (Å²) in [5.41, 5.74) is -0.264. The number of rotatable bonds is 9. The number of non-ortho nitro benzene ring substituents is 1. The lowest BCUT2D eigenvalue weighted by Crippen LogP contribution is -3.00. The summed E-state index contributed by atoms with van der Waals surface area (Å²) in [4.78, 5) is 54.9. The second kappa shape index (κ2) is 11.7. The van der Waals surface area contributed by atoms with Gasteiger partial charge in [0.1, 0.15) is 5.60 Å². The van der Waals surface area contributed by atoms with Crippen LogP contribution < -0.4 is 32.4 Å². The standard InChI is InChI=1S/C23H26N6O6.BrH/c1-5-6-7-17(30)24-22-25-20-19(21(32)26-22)27(12-15-8-10-16(11-9-15)29(33)34)14-28(20)13-18(31)35-23(2,3)4;/h5,8-11,14H,1,6-7,12-13H2,2-4H3,(H-,24,25,26,30,32);1H. The number of ether oxygens (including phenoxy) is 1. The van der Waals surface area contributed by atoms with Crippen molar-refractivity contribution in [1.82, 2.24) is 14.5 Å². The van der Waals surface area contributed by atoms with Gasteiger partial charge in [-0.3, -0.25) is 34.6 Å². The Morgan fingerprint density at radius 3 is 2.56 bits per heavy atom. The highest BCUT2D eigenvalue weighted by Crippen LogP contribution is 2.15. The lowest BCUT2D eigenvalue weighted by molar-refractivity contribution is -0.663. The van der Waals surface area contributed by atoms with Gasteiger partial charge < -0.3 is 21.7 Å². The number of H-pyrrole nitrogens is 1. The third-order valence-electron chi connectivity index (χ3n) is 4.77. The van der Waals surface area contributed by atoms with Gasteiger partial charge in [-0.25, -0.2) is 9.36 Å². The number of carbonyl (C=O) groups is 2. The average molecular weight is 563 g/mol. The van der Waals surface area contributed by atoms with Crippen molar-refractivity contribution < 1.29 is 40.8 Å². The van der Waals surface area contributed by atoms with Gasteiger partial charge in [0, 0.05) is 18.6 Å². The molecule has 0 saturated heterocycles. The van der Waals surface area contributed by atoms with Crippen LogP contribution in [0.2, 0.25) is 0 Å². The number of halogens is 1. The number of nitrogens with zero attached hydrogens (tertiary/aromatic N) is 4. The van der Waals surface area contributed by atoms with Gasteiger partial charge >= 0.3 is 11.6 Å². The van der Waals surface area contributed by atoms with E-state index >= 15 is 0 Å². The zero-order chi connectivity index (χ0) is 25.8. The monoisotopic (exact) mass is 562 g/mol. The van der Waals surface area contributed by atoms with Crippen molar-refractivity contribution in [2.75, 3.05) is 5.32 Å². The van der Waals surface area contributed by atoms with E-state index in [1.54, 1.807) is 49.9 Å². The topological polar surface area (TPSA) is 153 Å². The van der Waals surface area contributed by atoms with E-state index in [1.807, 2.05) is 0 Å². The Bertz CT molecular complexity index is 1340. The first-order chi connectivity index (χ1) is 16.5. The van der Waals surface area contributed by atoms with Gasteiger partial charge in [0.05, 0.1) is 11.5 Å². The maximum absolute atomic E-state index is 13.0. The fourth-order valence-corrected chi connectivity index (χ4v) is 3.35. The molecule has 3 rings (SSSR count). The van der Waals surface area contributed by atoms with Crippen molar-refractivity contribution in [2.24, 2.45) is 0 Å². The number of hydrogen-bond donors (Lipinski definition) is 2. The van der Waals surface area contributed by atoms with E-state index < -0.39 is 22.1 Å². The minimum absolute atomic E-state index is 0. The molecule has 1 aromatic carbocycles. The molecule has 0 atom stereocenters. The van der Waals surface area contributed by atoms with E-state index in [1.165, 1.54) is 16.7 Å². The number of benzene rings is 1. The lowest BCUT2D eigenvalue weighted by Gasteiger charge is -2.18. The molecule has 0 radical (unpaired) electrons. The van der Waals surface area contributed by atoms with Crippen LogP contribution in [0.4, 0.5) is 11.6 Å². The Morgan fingerprint density at radius 2 is 1.97 bits per heavy atom. The highest BCUT2D eigenvalue weighted by atomic mass is 79.9. The van der Waals surface area contributed by atoms with E-state index in [4.69, 9.17) is 4.74 Å². The molecule has 0 fully saturated rings. The Kier molecular flexibility index (Phi) is 9.23. The molecular weight excluding hydrogens is 536 g/mol. The van der Waals surface area contributed by atoms with Gasteiger partial charge in [0.15, 0.2) is 12.9 Å². The Hall–Kier alpha value is -3.87. The molecule has 13 heteroatoms. The van der Waals surface area contributed by atoms with Crippen LogP contribution in [0.15, 0.2) is 48.0 Å². The highest BCUT2D eigenvalue weighted by molar-refractivity contribution is 5.89. The van der Waals surface area contributed by atoms with Crippen LogP contribution in [-0.4, -0.2) is 36.9 Å². The second-order valence-corrected chi connectivity index (χ2v) is 8.84. The van der Waals surface area contributed by atoms with Gasteiger partial charge in [-0.15, -0.1) is 6.58 Å². The highest BCUT2D eigenvalue weighted by Gasteiger charge is 2.26. The number of nitro groups is 1. The maximum atomic E-state index is 13.0. The molecule has 0 saturated carbocycles. The SMILES string of the molecule is C=CCCC(=O)Nc1nc2c(c(=O)[nH]1)n(Cc1ccc([N+](=O)[O-])cc1)c[n+]2CC(=O)OC(C)(C)C.[Br-]. The number of allylic oxidation sites excluding steroid dienone is 1. The predicted octanol–water partition coefficient (Wildman–Crippen LogP) is -0.781. The van der Waals surface area contributed by atoms with Crippen LogP contribution >= 0.6 is 0 Å². The lowest BCUT2D eigenvalue weighted by atomic mass is 10.2. The summed E-state index contributed by atoms with van der Waals surface area (Å²) in [5.74, 6) is -0.936. The number of aromatic nitrogens is 4. The molecule has 0 bridgehead atoms. The minimum Gasteiger partial charge on any atom is -1.00 e. The number of hydrogen-bond acceptors (Lipinski definition) is 7. The number of aromatic amines is 1. The zero-order valence-electron chi connectivity index (χ0n) is 20.1. The Labute approximate surface area is 216 Å². The molecular formula is C23H27BrN6O6. The normalized spacial score (nSPS) is 11.0. The zero-order valence-corrected chi connectivity index (χ0v) is 21.7. The molecule has 3 aromatic rings. The summed E-state index contributed by atoms with van der Waals surface area (Å²) < 4.78 is 8.44. The molecule has 1 amide bonds. The van der Waals surface area contributed by atoms with Crippen molar-refractivity contribution in [3.63, 3.8) is 0 Å². The molecule has 0 aliphatic heterocycles. The Balaban J connectivity index is 0.00000456. The third kappa shape index (κ3) is 7.31. The number of fused-ring (bicyclic) bond motifs is 1.